The summed E-state index contributed by atoms with van der Waals surface area (Å²) in [4.78, 5) is 34.4. The molecule has 1 N–H and O–H groups in total. The van der Waals surface area contributed by atoms with Gasteiger partial charge in [-0.05, 0) is 56.2 Å². The Balaban J connectivity index is 1.77. The lowest BCUT2D eigenvalue weighted by Crippen LogP contribution is -2.25. The molecule has 9 heteroatoms. The number of aliphatic hydroxyl groups is 1. The lowest BCUT2D eigenvalue weighted by atomic mass is 10.2. The van der Waals surface area contributed by atoms with Crippen LogP contribution in [-0.2, 0) is 6.61 Å². The highest BCUT2D eigenvalue weighted by atomic mass is 35.5. The van der Waals surface area contributed by atoms with Crippen LogP contribution < -0.4 is 15.9 Å². The van der Waals surface area contributed by atoms with Crippen molar-refractivity contribution in [2.24, 2.45) is 0 Å². The van der Waals surface area contributed by atoms with E-state index in [2.05, 4.69) is 9.97 Å². The van der Waals surface area contributed by atoms with E-state index in [9.17, 15) is 14.7 Å². The van der Waals surface area contributed by atoms with Crippen LogP contribution in [-0.4, -0.2) is 24.2 Å². The van der Waals surface area contributed by atoms with Crippen LogP contribution in [0.15, 0.2) is 70.8 Å². The number of hydrogen-bond donors (Lipinski definition) is 1. The van der Waals surface area contributed by atoms with Gasteiger partial charge in [-0.3, -0.25) is 23.7 Å². The third-order valence-electron chi connectivity index (χ3n) is 5.42. The molecule has 4 aromatic heterocycles. The van der Waals surface area contributed by atoms with Crippen molar-refractivity contribution in [3.63, 3.8) is 0 Å². The van der Waals surface area contributed by atoms with Crippen LogP contribution in [0.2, 0.25) is 5.02 Å². The quantitative estimate of drug-likeness (QED) is 0.454. The van der Waals surface area contributed by atoms with Gasteiger partial charge in [-0.15, -0.1) is 0 Å². The van der Waals surface area contributed by atoms with Crippen molar-refractivity contribution in [3.8, 4) is 17.3 Å². The Morgan fingerprint density at radius 2 is 1.85 bits per heavy atom. The zero-order valence-electron chi connectivity index (χ0n) is 18.9. The fourth-order valence-electron chi connectivity index (χ4n) is 3.61. The second kappa shape index (κ2) is 9.62. The fourth-order valence-corrected chi connectivity index (χ4v) is 3.80. The summed E-state index contributed by atoms with van der Waals surface area (Å²) in [6, 6.07) is 10.2. The van der Waals surface area contributed by atoms with Crippen LogP contribution in [0.4, 0.5) is 0 Å². The molecule has 0 aliphatic carbocycles. The van der Waals surface area contributed by atoms with E-state index in [1.54, 1.807) is 56.0 Å². The van der Waals surface area contributed by atoms with Crippen LogP contribution in [0.25, 0.3) is 11.5 Å². The SMILES string of the molecule is Cc1cnc(-n2cccc(C(C)O)c2=O)cc1-n1c(C)cc(OCc2ccncc2)c(Cl)c1=O. The smallest absolute Gasteiger partial charge is 0.277 e. The van der Waals surface area contributed by atoms with Crippen molar-refractivity contribution < 1.29 is 9.84 Å². The first kappa shape index (κ1) is 23.4. The maximum absolute atomic E-state index is 13.3. The highest BCUT2D eigenvalue weighted by molar-refractivity contribution is 6.31. The second-order valence-corrected chi connectivity index (χ2v) is 8.27. The normalized spacial score (nSPS) is 11.9. The fraction of sp³-hybridized carbons (Fsp3) is 0.200. The van der Waals surface area contributed by atoms with Crippen LogP contribution in [0, 0.1) is 13.8 Å². The largest absolute Gasteiger partial charge is 0.487 e. The number of pyridine rings is 4. The van der Waals surface area contributed by atoms with Crippen molar-refractivity contribution in [2.45, 2.75) is 33.5 Å². The van der Waals surface area contributed by atoms with E-state index in [0.717, 1.165) is 11.1 Å². The molecule has 0 aliphatic rings. The van der Waals surface area contributed by atoms with Gasteiger partial charge in [-0.25, -0.2) is 4.98 Å². The summed E-state index contributed by atoms with van der Waals surface area (Å²) < 4.78 is 8.59. The Hall–Kier alpha value is -3.75. The average molecular weight is 479 g/mol. The molecule has 0 amide bonds. The van der Waals surface area contributed by atoms with Crippen molar-refractivity contribution in [1.82, 2.24) is 19.1 Å². The molecular formula is C25H23ClN4O4. The number of ether oxygens (including phenoxy) is 1. The number of halogens is 1. The zero-order valence-corrected chi connectivity index (χ0v) is 19.7. The minimum Gasteiger partial charge on any atom is -0.487 e. The van der Waals surface area contributed by atoms with Gasteiger partial charge in [0, 0.05) is 48.2 Å². The first-order valence-corrected chi connectivity index (χ1v) is 11.0. The Kier molecular flexibility index (Phi) is 6.63. The molecule has 1 unspecified atom stereocenters. The molecule has 0 radical (unpaired) electrons. The summed E-state index contributed by atoms with van der Waals surface area (Å²) in [7, 11) is 0. The molecule has 0 aromatic carbocycles. The number of aromatic nitrogens is 4. The van der Waals surface area contributed by atoms with Gasteiger partial charge >= 0.3 is 0 Å². The maximum atomic E-state index is 13.3. The Morgan fingerprint density at radius 1 is 1.12 bits per heavy atom. The zero-order chi connectivity index (χ0) is 24.4. The van der Waals surface area contributed by atoms with E-state index >= 15 is 0 Å². The third kappa shape index (κ3) is 4.50. The van der Waals surface area contributed by atoms with Crippen molar-refractivity contribution in [2.75, 3.05) is 0 Å². The average Bonchev–Trinajstić information content (AvgIpc) is 2.82. The molecule has 174 valence electrons. The molecule has 0 bridgehead atoms. The van der Waals surface area contributed by atoms with Gasteiger partial charge in [0.05, 0.1) is 11.8 Å². The molecule has 0 spiro atoms. The van der Waals surface area contributed by atoms with Crippen LogP contribution >= 0.6 is 11.6 Å². The summed E-state index contributed by atoms with van der Waals surface area (Å²) in [6.07, 6.45) is 5.55. The predicted molar refractivity (Wildman–Crippen MR) is 129 cm³/mol. The molecule has 1 atom stereocenters. The van der Waals surface area contributed by atoms with E-state index in [4.69, 9.17) is 16.3 Å². The number of aliphatic hydroxyl groups excluding tert-OH is 1. The Labute approximate surface area is 200 Å². The summed E-state index contributed by atoms with van der Waals surface area (Å²) in [5.74, 6) is 0.596. The summed E-state index contributed by atoms with van der Waals surface area (Å²) in [6.45, 7) is 5.36. The second-order valence-electron chi connectivity index (χ2n) is 7.89. The van der Waals surface area contributed by atoms with Gasteiger partial charge in [0.15, 0.2) is 0 Å². The first-order valence-electron chi connectivity index (χ1n) is 10.6. The lowest BCUT2D eigenvalue weighted by Gasteiger charge is -2.17. The monoisotopic (exact) mass is 478 g/mol. The molecule has 4 rings (SSSR count). The van der Waals surface area contributed by atoms with Gasteiger partial charge in [-0.1, -0.05) is 11.6 Å². The number of nitrogens with zero attached hydrogens (tertiary/aromatic N) is 4. The number of aryl methyl sites for hydroxylation is 2. The van der Waals surface area contributed by atoms with Crippen LogP contribution in [0.5, 0.6) is 5.75 Å². The minimum atomic E-state index is -0.923. The summed E-state index contributed by atoms with van der Waals surface area (Å²) in [5, 5.41) is 9.84. The lowest BCUT2D eigenvalue weighted by molar-refractivity contribution is 0.197. The molecule has 8 nitrogen and oxygen atoms in total. The molecule has 4 heterocycles. The van der Waals surface area contributed by atoms with Crippen molar-refractivity contribution >= 4 is 11.6 Å². The third-order valence-corrected chi connectivity index (χ3v) is 5.77. The number of rotatable bonds is 6. The number of hydrogen-bond acceptors (Lipinski definition) is 6. The highest BCUT2D eigenvalue weighted by Crippen LogP contribution is 2.26. The first-order chi connectivity index (χ1) is 16.3. The Bertz CT molecular complexity index is 1460. The maximum Gasteiger partial charge on any atom is 0.277 e. The molecule has 0 fully saturated rings. The van der Waals surface area contributed by atoms with Crippen molar-refractivity contribution in [1.29, 1.82) is 0 Å². The van der Waals surface area contributed by atoms with Gasteiger partial charge in [0.1, 0.15) is 23.2 Å². The minimum absolute atomic E-state index is 0.0503. The van der Waals surface area contributed by atoms with E-state index in [1.807, 2.05) is 19.1 Å². The van der Waals surface area contributed by atoms with E-state index in [1.165, 1.54) is 16.1 Å². The van der Waals surface area contributed by atoms with Gasteiger partial charge in [0.25, 0.3) is 11.1 Å². The van der Waals surface area contributed by atoms with Crippen molar-refractivity contribution in [3.05, 3.63) is 109 Å². The van der Waals surface area contributed by atoms with E-state index < -0.39 is 11.7 Å². The van der Waals surface area contributed by atoms with E-state index in [0.29, 0.717) is 17.2 Å². The molecule has 0 aliphatic heterocycles. The summed E-state index contributed by atoms with van der Waals surface area (Å²) >= 11 is 6.41. The highest BCUT2D eigenvalue weighted by Gasteiger charge is 2.17. The van der Waals surface area contributed by atoms with Gasteiger partial charge in [0.2, 0.25) is 0 Å². The topological polar surface area (TPSA) is 99.2 Å². The molecule has 0 saturated heterocycles. The van der Waals surface area contributed by atoms with Crippen LogP contribution in [0.3, 0.4) is 0 Å². The van der Waals surface area contributed by atoms with E-state index in [-0.39, 0.29) is 28.5 Å². The molecule has 4 aromatic rings. The predicted octanol–water partition coefficient (Wildman–Crippen LogP) is 3.68. The molecular weight excluding hydrogens is 456 g/mol. The molecule has 34 heavy (non-hydrogen) atoms. The Morgan fingerprint density at radius 3 is 2.56 bits per heavy atom. The van der Waals surface area contributed by atoms with Gasteiger partial charge < -0.3 is 9.84 Å². The summed E-state index contributed by atoms with van der Waals surface area (Å²) in [5.41, 5.74) is 2.16. The van der Waals surface area contributed by atoms with Gasteiger partial charge in [-0.2, -0.15) is 0 Å². The standard InChI is InChI=1S/C25H23ClN4O4/c1-15-13-28-22(29-10-4-5-19(17(3)31)24(29)32)12-20(15)30-16(2)11-21(23(26)25(30)33)34-14-18-6-8-27-9-7-18/h4-13,17,31H,14H2,1-3H3. The molecule has 0 saturated carbocycles. The van der Waals surface area contributed by atoms with Crippen LogP contribution in [0.1, 0.15) is 35.4 Å².